The molecular weight excluding hydrogens is 576 g/mol. The second-order valence-electron chi connectivity index (χ2n) is 12.0. The minimum absolute atomic E-state index is 0.0144. The van der Waals surface area contributed by atoms with E-state index in [0.717, 1.165) is 19.4 Å². The van der Waals surface area contributed by atoms with E-state index in [9.17, 15) is 19.5 Å². The van der Waals surface area contributed by atoms with E-state index in [2.05, 4.69) is 51.5 Å². The molecule has 4 N–H and O–H groups in total. The molecule has 13 nitrogen and oxygen atoms in total. The Morgan fingerprint density at radius 3 is 2.40 bits per heavy atom. The molecule has 0 aliphatic carbocycles. The third kappa shape index (κ3) is 7.37. The van der Waals surface area contributed by atoms with Crippen LogP contribution >= 0.6 is 0 Å². The summed E-state index contributed by atoms with van der Waals surface area (Å²) in [5, 5.41) is 22.9. The lowest BCUT2D eigenvalue weighted by atomic mass is 9.86. The van der Waals surface area contributed by atoms with Crippen LogP contribution in [0.1, 0.15) is 59.9 Å². The number of aliphatic hydroxyl groups excluding tert-OH is 1. The van der Waals surface area contributed by atoms with Gasteiger partial charge in [0.05, 0.1) is 13.7 Å². The van der Waals surface area contributed by atoms with Crippen LogP contribution in [-0.2, 0) is 14.9 Å². The number of hydrogen-bond acceptors (Lipinski definition) is 10. The maximum atomic E-state index is 13.1. The lowest BCUT2D eigenvalue weighted by molar-refractivity contribution is -0.143. The van der Waals surface area contributed by atoms with Crippen molar-refractivity contribution in [3.05, 3.63) is 77.6 Å². The molecule has 0 unspecified atom stereocenters. The van der Waals surface area contributed by atoms with Crippen molar-refractivity contribution in [1.29, 1.82) is 0 Å². The molecule has 0 spiro atoms. The highest BCUT2D eigenvalue weighted by Gasteiger charge is 2.26. The van der Waals surface area contributed by atoms with E-state index in [1.807, 2.05) is 29.2 Å². The molecule has 5 rings (SSSR count). The van der Waals surface area contributed by atoms with Gasteiger partial charge in [-0.1, -0.05) is 32.9 Å². The van der Waals surface area contributed by atoms with Crippen LogP contribution < -0.4 is 20.9 Å². The van der Waals surface area contributed by atoms with Crippen molar-refractivity contribution in [3.8, 4) is 0 Å². The summed E-state index contributed by atoms with van der Waals surface area (Å²) in [5.74, 6) is -0.408. The van der Waals surface area contributed by atoms with Crippen LogP contribution in [0.3, 0.4) is 0 Å². The minimum atomic E-state index is -1.16. The van der Waals surface area contributed by atoms with Crippen LogP contribution in [0.2, 0.25) is 0 Å². The molecule has 1 saturated heterocycles. The molecule has 13 heteroatoms. The van der Waals surface area contributed by atoms with Gasteiger partial charge >= 0.3 is 5.97 Å². The van der Waals surface area contributed by atoms with E-state index in [1.165, 1.54) is 12.7 Å². The molecule has 0 radical (unpaired) electrons. The predicted molar refractivity (Wildman–Crippen MR) is 169 cm³/mol. The highest BCUT2D eigenvalue weighted by molar-refractivity contribution is 5.97. The average molecular weight is 615 g/mol. The fourth-order valence-corrected chi connectivity index (χ4v) is 5.11. The van der Waals surface area contributed by atoms with Crippen molar-refractivity contribution in [3.63, 3.8) is 0 Å². The quantitative estimate of drug-likeness (QED) is 0.206. The molecule has 236 valence electrons. The number of rotatable bonds is 9. The number of carbonyl (C=O) groups is 3. The summed E-state index contributed by atoms with van der Waals surface area (Å²) in [6.07, 6.45) is 5.08. The molecule has 1 aliphatic rings. The standard InChI is InChI=1S/C32H38N8O5/c1-32(2,3)22-11-7-20(8-12-22)28(42)35-24-6-5-16-39(18-24)31-37-26(27-33-15-17-40(27)38-31)34-23-13-9-21(10-14-23)29(43)36-25(19-41)30(44)45-4/h7-15,17,24-25,41H,5-6,16,18-19H2,1-4H3,(H,35,42)(H,36,43)(H,34,37,38)/t24-,25+/m1/s1. The normalized spacial score (nSPS) is 15.8. The van der Waals surface area contributed by atoms with Crippen LogP contribution in [0.4, 0.5) is 17.5 Å². The van der Waals surface area contributed by atoms with Crippen LogP contribution in [0.15, 0.2) is 60.9 Å². The number of nitrogens with zero attached hydrogens (tertiary/aromatic N) is 5. The van der Waals surface area contributed by atoms with Crippen LogP contribution in [0.5, 0.6) is 0 Å². The lowest BCUT2D eigenvalue weighted by Gasteiger charge is -2.33. The molecule has 2 atom stereocenters. The molecule has 45 heavy (non-hydrogen) atoms. The number of ether oxygens (including phenoxy) is 1. The predicted octanol–water partition coefficient (Wildman–Crippen LogP) is 2.83. The minimum Gasteiger partial charge on any atom is -0.467 e. The Kier molecular flexibility index (Phi) is 9.28. The summed E-state index contributed by atoms with van der Waals surface area (Å²) in [7, 11) is 1.18. The van der Waals surface area contributed by atoms with Gasteiger partial charge in [-0.3, -0.25) is 9.59 Å². The molecule has 2 aromatic heterocycles. The van der Waals surface area contributed by atoms with E-state index >= 15 is 0 Å². The van der Waals surface area contributed by atoms with Crippen LogP contribution in [0, 0.1) is 0 Å². The van der Waals surface area contributed by atoms with Gasteiger partial charge in [0.1, 0.15) is 0 Å². The van der Waals surface area contributed by atoms with Crippen molar-refractivity contribution in [2.45, 2.75) is 51.1 Å². The number of aliphatic hydroxyl groups is 1. The number of imidazole rings is 1. The largest absolute Gasteiger partial charge is 0.467 e. The number of anilines is 3. The third-order valence-corrected chi connectivity index (χ3v) is 7.68. The van der Waals surface area contributed by atoms with E-state index in [4.69, 9.17) is 4.98 Å². The number of benzene rings is 2. The summed E-state index contributed by atoms with van der Waals surface area (Å²) < 4.78 is 6.24. The molecule has 4 aromatic rings. The topological polar surface area (TPSA) is 163 Å². The second-order valence-corrected chi connectivity index (χ2v) is 12.0. The average Bonchev–Trinajstić information content (AvgIpc) is 3.52. The fourth-order valence-electron chi connectivity index (χ4n) is 5.11. The van der Waals surface area contributed by atoms with Crippen molar-refractivity contribution < 1.29 is 24.2 Å². The molecular formula is C32H38N8O5. The number of aromatic nitrogens is 4. The SMILES string of the molecule is COC(=O)[C@H](CO)NC(=O)c1ccc(Nc2nc(N3CCC[C@@H](NC(=O)c4ccc(C(C)(C)C)cc4)C3)nn3ccnc23)cc1. The number of fused-ring (bicyclic) bond motifs is 1. The second kappa shape index (κ2) is 13.3. The van der Waals surface area contributed by atoms with E-state index in [-0.39, 0.29) is 17.4 Å². The van der Waals surface area contributed by atoms with Gasteiger partial charge in [0.15, 0.2) is 17.5 Å². The van der Waals surface area contributed by atoms with Gasteiger partial charge in [-0.05, 0) is 60.2 Å². The lowest BCUT2D eigenvalue weighted by Crippen LogP contribution is -2.48. The smallest absolute Gasteiger partial charge is 0.330 e. The first-order valence-corrected chi connectivity index (χ1v) is 14.8. The first-order valence-electron chi connectivity index (χ1n) is 14.8. The van der Waals surface area contributed by atoms with Crippen molar-refractivity contribution in [1.82, 2.24) is 30.2 Å². The monoisotopic (exact) mass is 614 g/mol. The first kappa shape index (κ1) is 31.4. The summed E-state index contributed by atoms with van der Waals surface area (Å²) in [4.78, 5) is 48.6. The zero-order valence-corrected chi connectivity index (χ0v) is 25.8. The molecule has 1 aliphatic heterocycles. The van der Waals surface area contributed by atoms with E-state index in [1.54, 1.807) is 41.2 Å². The van der Waals surface area contributed by atoms with Crippen LogP contribution in [-0.4, -0.2) is 81.4 Å². The zero-order valence-electron chi connectivity index (χ0n) is 25.8. The van der Waals surface area contributed by atoms with Gasteiger partial charge in [0.2, 0.25) is 5.95 Å². The molecule has 0 saturated carbocycles. The molecule has 2 amide bonds. The number of amides is 2. The highest BCUT2D eigenvalue weighted by atomic mass is 16.5. The van der Waals surface area contributed by atoms with Gasteiger partial charge in [-0.2, -0.15) is 4.98 Å². The van der Waals surface area contributed by atoms with Crippen LogP contribution in [0.25, 0.3) is 5.65 Å². The summed E-state index contributed by atoms with van der Waals surface area (Å²) >= 11 is 0. The highest BCUT2D eigenvalue weighted by Crippen LogP contribution is 2.25. The van der Waals surface area contributed by atoms with E-state index in [0.29, 0.717) is 40.8 Å². The number of piperidine rings is 1. The number of hydrogen-bond donors (Lipinski definition) is 4. The fraction of sp³-hybridized carbons (Fsp3) is 0.375. The molecule has 2 aromatic carbocycles. The van der Waals surface area contributed by atoms with Gasteiger partial charge in [0, 0.05) is 48.3 Å². The maximum absolute atomic E-state index is 13.1. The molecule has 3 heterocycles. The summed E-state index contributed by atoms with van der Waals surface area (Å²) in [6.45, 7) is 7.13. The Labute approximate surface area is 261 Å². The number of carbonyl (C=O) groups excluding carboxylic acids is 3. The number of esters is 1. The van der Waals surface area contributed by atoms with Crippen molar-refractivity contribution in [2.75, 3.05) is 37.0 Å². The van der Waals surface area contributed by atoms with Gasteiger partial charge in [0.25, 0.3) is 11.8 Å². The van der Waals surface area contributed by atoms with Crippen molar-refractivity contribution >= 4 is 40.9 Å². The molecule has 1 fully saturated rings. The van der Waals surface area contributed by atoms with Crippen molar-refractivity contribution in [2.24, 2.45) is 0 Å². The Morgan fingerprint density at radius 2 is 1.73 bits per heavy atom. The Bertz CT molecular complexity index is 1660. The van der Waals surface area contributed by atoms with E-state index < -0.39 is 24.5 Å². The van der Waals surface area contributed by atoms with Gasteiger partial charge in [-0.15, -0.1) is 5.10 Å². The maximum Gasteiger partial charge on any atom is 0.330 e. The number of methoxy groups -OCH3 is 1. The zero-order chi connectivity index (χ0) is 32.1. The Morgan fingerprint density at radius 1 is 1.04 bits per heavy atom. The Balaban J connectivity index is 1.27. The first-order chi connectivity index (χ1) is 21.5. The van der Waals surface area contributed by atoms with Gasteiger partial charge < -0.3 is 30.7 Å². The Hall–Kier alpha value is -5.04. The third-order valence-electron chi connectivity index (χ3n) is 7.68. The van der Waals surface area contributed by atoms with Gasteiger partial charge in [-0.25, -0.2) is 14.3 Å². The summed E-state index contributed by atoms with van der Waals surface area (Å²) in [6, 6.07) is 13.1. The summed E-state index contributed by atoms with van der Waals surface area (Å²) in [5.41, 5.74) is 3.28. The number of nitrogens with one attached hydrogen (secondary N) is 3. The molecule has 0 bridgehead atoms.